The first-order valence-electron chi connectivity index (χ1n) is 8.98. The summed E-state index contributed by atoms with van der Waals surface area (Å²) in [4.78, 5) is 11.1. The van der Waals surface area contributed by atoms with Gasteiger partial charge >= 0.3 is 0 Å². The van der Waals surface area contributed by atoms with Crippen LogP contribution in [0.1, 0.15) is 30.3 Å². The Hall–Kier alpha value is -1.61. The fraction of sp³-hybridized carbons (Fsp3) is 0.474. The zero-order valence-corrected chi connectivity index (χ0v) is 17.6. The molecule has 2 aromatic heterocycles. The van der Waals surface area contributed by atoms with Crippen LogP contribution in [0.15, 0.2) is 52.2 Å². The molecule has 3 rings (SSSR count). The normalized spacial score (nSPS) is 16.1. The Labute approximate surface area is 172 Å². The van der Waals surface area contributed by atoms with Gasteiger partial charge in [0.25, 0.3) is 0 Å². The van der Waals surface area contributed by atoms with Gasteiger partial charge in [-0.1, -0.05) is 6.07 Å². The van der Waals surface area contributed by atoms with Gasteiger partial charge in [0.2, 0.25) is 0 Å². The number of guanidine groups is 1. The number of nitrogens with zero attached hydrogens (tertiary/aromatic N) is 3. The molecule has 26 heavy (non-hydrogen) atoms. The molecule has 1 saturated heterocycles. The van der Waals surface area contributed by atoms with Gasteiger partial charge < -0.3 is 15.1 Å². The van der Waals surface area contributed by atoms with Crippen LogP contribution in [-0.2, 0) is 6.42 Å². The van der Waals surface area contributed by atoms with E-state index in [9.17, 15) is 0 Å². The molecular weight excluding hydrogens is 441 g/mol. The predicted molar refractivity (Wildman–Crippen MR) is 115 cm³/mol. The molecule has 0 spiro atoms. The van der Waals surface area contributed by atoms with Gasteiger partial charge in [0.15, 0.2) is 5.96 Å². The van der Waals surface area contributed by atoms with E-state index in [0.29, 0.717) is 0 Å². The van der Waals surface area contributed by atoms with Crippen LogP contribution in [-0.4, -0.2) is 49.1 Å². The third-order valence-electron chi connectivity index (χ3n) is 4.54. The van der Waals surface area contributed by atoms with Crippen LogP contribution in [0.3, 0.4) is 0 Å². The Balaban J connectivity index is 0.00000243. The Morgan fingerprint density at radius 3 is 2.73 bits per heavy atom. The van der Waals surface area contributed by atoms with Crippen molar-refractivity contribution in [2.24, 2.45) is 4.99 Å². The molecule has 0 radical (unpaired) electrons. The molecule has 2 N–H and O–H groups in total. The highest BCUT2D eigenvalue weighted by molar-refractivity contribution is 14.0. The van der Waals surface area contributed by atoms with Crippen LogP contribution in [0.2, 0.25) is 0 Å². The summed E-state index contributed by atoms with van der Waals surface area (Å²) in [5.74, 6) is 1.82. The lowest BCUT2D eigenvalue weighted by molar-refractivity contribution is 0.215. The van der Waals surface area contributed by atoms with Crippen molar-refractivity contribution >= 4 is 29.9 Å². The highest BCUT2D eigenvalue weighted by atomic mass is 127. The second-order valence-electron chi connectivity index (χ2n) is 6.23. The zero-order chi connectivity index (χ0) is 17.3. The summed E-state index contributed by atoms with van der Waals surface area (Å²) in [6.07, 6.45) is 6.96. The van der Waals surface area contributed by atoms with Gasteiger partial charge in [-0.2, -0.15) is 0 Å². The monoisotopic (exact) mass is 469 g/mol. The van der Waals surface area contributed by atoms with Crippen LogP contribution >= 0.6 is 24.0 Å². The topological polar surface area (TPSA) is 65.7 Å². The van der Waals surface area contributed by atoms with Crippen LogP contribution < -0.4 is 10.6 Å². The maximum Gasteiger partial charge on any atom is 0.191 e. The highest BCUT2D eigenvalue weighted by Crippen LogP contribution is 2.24. The first-order valence-corrected chi connectivity index (χ1v) is 8.98. The summed E-state index contributed by atoms with van der Waals surface area (Å²) >= 11 is 0. The second kappa shape index (κ2) is 11.2. The molecule has 1 fully saturated rings. The van der Waals surface area contributed by atoms with Gasteiger partial charge in [-0.25, -0.2) is 0 Å². The lowest BCUT2D eigenvalue weighted by atomic mass is 10.2. The van der Waals surface area contributed by atoms with Crippen molar-refractivity contribution in [3.8, 4) is 0 Å². The summed E-state index contributed by atoms with van der Waals surface area (Å²) in [7, 11) is 1.80. The predicted octanol–water partition coefficient (Wildman–Crippen LogP) is 2.84. The lowest BCUT2D eigenvalue weighted by Gasteiger charge is -2.26. The van der Waals surface area contributed by atoms with Gasteiger partial charge in [-0.3, -0.25) is 14.9 Å². The fourth-order valence-corrected chi connectivity index (χ4v) is 3.21. The number of aliphatic imine (C=N–C) groups is 1. The van der Waals surface area contributed by atoms with E-state index in [-0.39, 0.29) is 30.0 Å². The number of pyridine rings is 1. The maximum atomic E-state index is 5.66. The summed E-state index contributed by atoms with van der Waals surface area (Å²) < 4.78 is 5.66. The van der Waals surface area contributed by atoms with Gasteiger partial charge in [0.05, 0.1) is 12.3 Å². The Morgan fingerprint density at radius 1 is 1.23 bits per heavy atom. The van der Waals surface area contributed by atoms with E-state index in [4.69, 9.17) is 4.42 Å². The molecule has 3 heterocycles. The molecule has 0 aromatic carbocycles. The van der Waals surface area contributed by atoms with Gasteiger partial charge in [0.1, 0.15) is 5.76 Å². The molecule has 0 aliphatic carbocycles. The van der Waals surface area contributed by atoms with Gasteiger partial charge in [-0.05, 0) is 50.2 Å². The summed E-state index contributed by atoms with van der Waals surface area (Å²) in [6.45, 7) is 3.82. The highest BCUT2D eigenvalue weighted by Gasteiger charge is 2.25. The van der Waals surface area contributed by atoms with E-state index in [0.717, 1.165) is 50.0 Å². The minimum Gasteiger partial charge on any atom is -0.468 e. The van der Waals surface area contributed by atoms with Crippen molar-refractivity contribution in [3.05, 3.63) is 54.2 Å². The Morgan fingerprint density at radius 2 is 2.08 bits per heavy atom. The first kappa shape index (κ1) is 20.7. The number of aromatic nitrogens is 1. The average molecular weight is 469 g/mol. The summed E-state index contributed by atoms with van der Waals surface area (Å²) in [6, 6.07) is 10.2. The molecule has 1 atom stereocenters. The van der Waals surface area contributed by atoms with Crippen molar-refractivity contribution in [3.63, 3.8) is 0 Å². The van der Waals surface area contributed by atoms with Gasteiger partial charge in [0, 0.05) is 38.4 Å². The second-order valence-corrected chi connectivity index (χ2v) is 6.23. The van der Waals surface area contributed by atoms with E-state index in [1.165, 1.54) is 12.8 Å². The molecule has 1 aliphatic rings. The number of hydrogen-bond donors (Lipinski definition) is 2. The average Bonchev–Trinajstić information content (AvgIpc) is 3.36. The smallest absolute Gasteiger partial charge is 0.191 e. The lowest BCUT2D eigenvalue weighted by Crippen LogP contribution is -2.43. The molecule has 6 nitrogen and oxygen atoms in total. The van der Waals surface area contributed by atoms with E-state index in [1.807, 2.05) is 30.5 Å². The van der Waals surface area contributed by atoms with Gasteiger partial charge in [-0.15, -0.1) is 24.0 Å². The largest absolute Gasteiger partial charge is 0.468 e. The SMILES string of the molecule is CN=C(NCCc1ccccn1)NCC(c1ccco1)N1CCCC1.I. The van der Waals surface area contributed by atoms with E-state index < -0.39 is 0 Å². The van der Waals surface area contributed by atoms with Crippen molar-refractivity contribution in [2.75, 3.05) is 33.2 Å². The van der Waals surface area contributed by atoms with E-state index >= 15 is 0 Å². The third kappa shape index (κ3) is 5.98. The Kier molecular flexibility index (Phi) is 8.90. The van der Waals surface area contributed by atoms with Crippen LogP contribution in [0.5, 0.6) is 0 Å². The fourth-order valence-electron chi connectivity index (χ4n) is 3.21. The number of halogens is 1. The molecule has 7 heteroatoms. The van der Waals surface area contributed by atoms with Crippen molar-refractivity contribution < 1.29 is 4.42 Å². The van der Waals surface area contributed by atoms with Crippen LogP contribution in [0.4, 0.5) is 0 Å². The van der Waals surface area contributed by atoms with Crippen molar-refractivity contribution in [2.45, 2.75) is 25.3 Å². The summed E-state index contributed by atoms with van der Waals surface area (Å²) in [5.41, 5.74) is 1.08. The molecule has 2 aromatic rings. The molecule has 1 unspecified atom stereocenters. The quantitative estimate of drug-likeness (QED) is 0.371. The van der Waals surface area contributed by atoms with E-state index in [1.54, 1.807) is 13.3 Å². The van der Waals surface area contributed by atoms with E-state index in [2.05, 4.69) is 31.6 Å². The van der Waals surface area contributed by atoms with Crippen molar-refractivity contribution in [1.82, 2.24) is 20.5 Å². The van der Waals surface area contributed by atoms with Crippen molar-refractivity contribution in [1.29, 1.82) is 0 Å². The number of rotatable bonds is 7. The minimum atomic E-state index is 0. The molecule has 0 bridgehead atoms. The van der Waals surface area contributed by atoms with Crippen LogP contribution in [0.25, 0.3) is 0 Å². The first-order chi connectivity index (χ1) is 12.4. The molecule has 0 amide bonds. The number of likely N-dealkylation sites (tertiary alicyclic amines) is 1. The maximum absolute atomic E-state index is 5.66. The summed E-state index contributed by atoms with van der Waals surface area (Å²) in [5, 5.41) is 6.80. The number of nitrogens with one attached hydrogen (secondary N) is 2. The molecular formula is C19H28IN5O. The minimum absolute atomic E-state index is 0. The molecule has 0 saturated carbocycles. The molecule has 142 valence electrons. The number of furan rings is 1. The zero-order valence-electron chi connectivity index (χ0n) is 15.2. The number of hydrogen-bond acceptors (Lipinski definition) is 4. The standard InChI is InChI=1S/C19H27N5O.HI/c1-20-19(22-11-9-16-7-2-3-10-21-16)23-15-17(18-8-6-14-25-18)24-12-4-5-13-24;/h2-3,6-8,10,14,17H,4-5,9,11-13,15H2,1H3,(H2,20,22,23);1H. The molecule has 1 aliphatic heterocycles. The third-order valence-corrected chi connectivity index (χ3v) is 4.54. The van der Waals surface area contributed by atoms with Crippen LogP contribution in [0, 0.1) is 0 Å². The Bertz CT molecular complexity index is 641.